The summed E-state index contributed by atoms with van der Waals surface area (Å²) in [5.74, 6) is -2.56. The molecule has 4 aliphatic rings. The van der Waals surface area contributed by atoms with Crippen LogP contribution in [-0.4, -0.2) is 28.4 Å². The summed E-state index contributed by atoms with van der Waals surface area (Å²) in [4.78, 5) is 38.4. The van der Waals surface area contributed by atoms with Gasteiger partial charge in [0.05, 0.1) is 5.41 Å². The van der Waals surface area contributed by atoms with Crippen molar-refractivity contribution in [3.05, 3.63) is 23.6 Å². The van der Waals surface area contributed by atoms with Gasteiger partial charge in [0.15, 0.2) is 10.9 Å². The quantitative estimate of drug-likeness (QED) is 0.424. The molecule has 4 aliphatic carbocycles. The lowest BCUT2D eigenvalue weighted by Gasteiger charge is -2.63. The number of ketones is 2. The van der Waals surface area contributed by atoms with Crippen molar-refractivity contribution in [2.24, 2.45) is 39.9 Å². The molecule has 2 fully saturated rings. The number of carbonyl (C=O) groups excluding carboxylic acids is 3. The summed E-state index contributed by atoms with van der Waals surface area (Å²) in [6.45, 7) is 9.13. The molecule has 8 atom stereocenters. The molecule has 0 aromatic rings. The van der Waals surface area contributed by atoms with Crippen molar-refractivity contribution in [2.45, 2.75) is 78.8 Å². The van der Waals surface area contributed by atoms with Crippen molar-refractivity contribution in [3.63, 3.8) is 0 Å². The van der Waals surface area contributed by atoms with Crippen LogP contribution in [0.4, 0.5) is 13.2 Å². The third-order valence-electron chi connectivity index (χ3n) is 10.3. The number of thioether (sulfide) groups is 1. The van der Waals surface area contributed by atoms with E-state index in [2.05, 4.69) is 0 Å². The zero-order valence-corrected chi connectivity index (χ0v) is 21.5. The third-order valence-corrected chi connectivity index (χ3v) is 11.0. The zero-order chi connectivity index (χ0) is 25.3. The first-order valence-electron chi connectivity index (χ1n) is 12.4. The van der Waals surface area contributed by atoms with Crippen molar-refractivity contribution in [1.29, 1.82) is 0 Å². The maximum absolute atomic E-state index is 17.5. The van der Waals surface area contributed by atoms with Crippen LogP contribution in [0.2, 0.25) is 0 Å². The smallest absolute Gasteiger partial charge is 0.198 e. The van der Waals surface area contributed by atoms with E-state index in [1.807, 2.05) is 20.8 Å². The Labute approximate surface area is 204 Å². The van der Waals surface area contributed by atoms with E-state index in [9.17, 15) is 18.8 Å². The third kappa shape index (κ3) is 3.07. The highest BCUT2D eigenvalue weighted by atomic mass is 32.2. The van der Waals surface area contributed by atoms with Crippen LogP contribution in [0.3, 0.4) is 0 Å². The lowest BCUT2D eigenvalue weighted by molar-refractivity contribution is -0.176. The van der Waals surface area contributed by atoms with Crippen LogP contribution in [0.5, 0.6) is 0 Å². The Morgan fingerprint density at radius 3 is 2.47 bits per heavy atom. The number of allylic oxidation sites excluding steroid dienone is 4. The SMILES string of the molecule is CCC(=O)C[C@]1(C(=O)SCF)[C@H](C)CC2C3CC(F)=C4CC(=O)C=C[C@]4(C)[C@@]3(F)[C@@H](C)C[C@@]21C. The molecule has 0 heterocycles. The van der Waals surface area contributed by atoms with Crippen LogP contribution in [0.1, 0.15) is 73.1 Å². The Balaban J connectivity index is 1.89. The molecule has 0 saturated heterocycles. The normalized spacial score (nSPS) is 45.6. The van der Waals surface area contributed by atoms with E-state index >= 15 is 8.78 Å². The lowest BCUT2D eigenvalue weighted by atomic mass is 9.42. The molecule has 34 heavy (non-hydrogen) atoms. The molecule has 0 aromatic heterocycles. The largest absolute Gasteiger partial charge is 0.300 e. The average Bonchev–Trinajstić information content (AvgIpc) is 2.99. The van der Waals surface area contributed by atoms with Crippen LogP contribution in [0.15, 0.2) is 23.6 Å². The predicted octanol–water partition coefficient (Wildman–Crippen LogP) is 6.72. The van der Waals surface area contributed by atoms with Crippen LogP contribution in [-0.2, 0) is 14.4 Å². The van der Waals surface area contributed by atoms with Gasteiger partial charge in [-0.3, -0.25) is 14.4 Å². The van der Waals surface area contributed by atoms with Crippen LogP contribution >= 0.6 is 11.8 Å². The van der Waals surface area contributed by atoms with E-state index in [1.54, 1.807) is 19.9 Å². The lowest BCUT2D eigenvalue weighted by Crippen LogP contribution is -2.65. The summed E-state index contributed by atoms with van der Waals surface area (Å²) in [7, 11) is 0. The topological polar surface area (TPSA) is 51.2 Å². The molecule has 0 radical (unpaired) electrons. The van der Waals surface area contributed by atoms with E-state index in [4.69, 9.17) is 0 Å². The van der Waals surface area contributed by atoms with Gasteiger partial charge in [0.2, 0.25) is 0 Å². The summed E-state index contributed by atoms with van der Waals surface area (Å²) in [5.41, 5.74) is -4.66. The minimum absolute atomic E-state index is 0.0114. The van der Waals surface area contributed by atoms with Gasteiger partial charge in [-0.15, -0.1) is 0 Å². The molecule has 188 valence electrons. The molecule has 4 rings (SSSR count). The standard InChI is InChI=1S/C27H35F3O3S/c1-6-17(31)13-26(23(33)34-14-28)15(2)9-19-20-11-22(29)21-10-18(32)7-8-24(21,4)27(20,30)16(3)12-25(19,26)5/h7-8,15-16,19-20H,6,9-14H2,1-5H3/t15-,16+,19?,20?,24+,25+,26-,27-/m1/s1. The Morgan fingerprint density at radius 2 is 1.85 bits per heavy atom. The highest BCUT2D eigenvalue weighted by Gasteiger charge is 2.75. The van der Waals surface area contributed by atoms with Gasteiger partial charge in [-0.05, 0) is 54.6 Å². The molecule has 2 saturated carbocycles. The summed E-state index contributed by atoms with van der Waals surface area (Å²) in [5, 5.41) is -0.338. The van der Waals surface area contributed by atoms with Gasteiger partial charge >= 0.3 is 0 Å². The van der Waals surface area contributed by atoms with Gasteiger partial charge in [-0.2, -0.15) is 0 Å². The number of hydrogen-bond acceptors (Lipinski definition) is 4. The minimum Gasteiger partial charge on any atom is -0.300 e. The number of carbonyl (C=O) groups is 3. The summed E-state index contributed by atoms with van der Waals surface area (Å²) < 4.78 is 46.5. The van der Waals surface area contributed by atoms with Crippen molar-refractivity contribution < 1.29 is 27.6 Å². The minimum atomic E-state index is -1.79. The molecule has 2 unspecified atom stereocenters. The van der Waals surface area contributed by atoms with Gasteiger partial charge in [0.1, 0.15) is 23.3 Å². The monoisotopic (exact) mass is 496 g/mol. The Bertz CT molecular complexity index is 992. The van der Waals surface area contributed by atoms with Crippen molar-refractivity contribution in [2.75, 3.05) is 6.01 Å². The Morgan fingerprint density at radius 1 is 1.18 bits per heavy atom. The fourth-order valence-corrected chi connectivity index (χ4v) is 9.50. The van der Waals surface area contributed by atoms with Gasteiger partial charge < -0.3 is 0 Å². The number of rotatable bonds is 5. The van der Waals surface area contributed by atoms with Crippen LogP contribution in [0, 0.1) is 39.9 Å². The molecule has 0 aliphatic heterocycles. The van der Waals surface area contributed by atoms with E-state index in [-0.39, 0.29) is 59.8 Å². The second kappa shape index (κ2) is 8.35. The molecule has 0 N–H and O–H groups in total. The van der Waals surface area contributed by atoms with Gasteiger partial charge in [0, 0.05) is 37.0 Å². The van der Waals surface area contributed by atoms with E-state index < -0.39 is 45.6 Å². The molecule has 0 spiro atoms. The molecule has 0 aromatic carbocycles. The number of fused-ring (bicyclic) bond motifs is 5. The van der Waals surface area contributed by atoms with Crippen molar-refractivity contribution in [1.82, 2.24) is 0 Å². The summed E-state index contributed by atoms with van der Waals surface area (Å²) >= 11 is 0.602. The number of alkyl halides is 2. The van der Waals surface area contributed by atoms with Crippen molar-refractivity contribution in [3.8, 4) is 0 Å². The second-order valence-electron chi connectivity index (χ2n) is 11.5. The predicted molar refractivity (Wildman–Crippen MR) is 127 cm³/mol. The summed E-state index contributed by atoms with van der Waals surface area (Å²) in [6, 6.07) is -0.877. The number of Topliss-reactive ketones (excluding diaryl/α,β-unsaturated/α-hetero) is 1. The van der Waals surface area contributed by atoms with Crippen LogP contribution in [0.25, 0.3) is 0 Å². The maximum atomic E-state index is 17.5. The maximum Gasteiger partial charge on any atom is 0.198 e. The summed E-state index contributed by atoms with van der Waals surface area (Å²) in [6.07, 6.45) is 3.82. The van der Waals surface area contributed by atoms with Gasteiger partial charge in [-0.1, -0.05) is 45.5 Å². The molecule has 3 nitrogen and oxygen atoms in total. The fourth-order valence-electron chi connectivity index (χ4n) is 8.64. The van der Waals surface area contributed by atoms with E-state index in [1.165, 1.54) is 6.08 Å². The van der Waals surface area contributed by atoms with Crippen LogP contribution < -0.4 is 0 Å². The van der Waals surface area contributed by atoms with Gasteiger partial charge in [-0.25, -0.2) is 13.2 Å². The first-order chi connectivity index (χ1) is 15.8. The average molecular weight is 497 g/mol. The zero-order valence-electron chi connectivity index (χ0n) is 20.7. The fraction of sp³-hybridized carbons (Fsp3) is 0.741. The molecule has 0 amide bonds. The highest BCUT2D eigenvalue weighted by Crippen LogP contribution is 2.75. The Kier molecular flexibility index (Phi) is 6.31. The first kappa shape index (κ1) is 25.7. The molecular formula is C27H35F3O3S. The second-order valence-corrected chi connectivity index (χ2v) is 12.4. The number of hydrogen-bond donors (Lipinski definition) is 0. The molecular weight excluding hydrogens is 461 g/mol. The highest BCUT2D eigenvalue weighted by molar-refractivity contribution is 8.13. The Hall–Kier alpha value is -1.37. The molecule has 0 bridgehead atoms. The van der Waals surface area contributed by atoms with E-state index in [0.717, 1.165) is 0 Å². The number of halogens is 3. The van der Waals surface area contributed by atoms with Gasteiger partial charge in [0.25, 0.3) is 0 Å². The molecule has 7 heteroatoms. The first-order valence-corrected chi connectivity index (χ1v) is 13.4. The van der Waals surface area contributed by atoms with Crippen molar-refractivity contribution >= 4 is 28.4 Å². The van der Waals surface area contributed by atoms with E-state index in [0.29, 0.717) is 24.6 Å².